The number of benzene rings is 1. The Hall–Kier alpha value is -3.50. The van der Waals surface area contributed by atoms with E-state index in [4.69, 9.17) is 10.5 Å². The largest absolute Gasteiger partial charge is 0.383 e. The Morgan fingerprint density at radius 3 is 2.85 bits per heavy atom. The van der Waals surface area contributed by atoms with E-state index in [1.165, 1.54) is 17.3 Å². The molecule has 10 heteroatoms. The number of fused-ring (bicyclic) bond motifs is 2. The van der Waals surface area contributed by atoms with Crippen LogP contribution < -0.4 is 11.1 Å². The zero-order valence-corrected chi connectivity index (χ0v) is 22.7. The molecule has 0 bridgehead atoms. The predicted octanol–water partition coefficient (Wildman–Crippen LogP) is 3.64. The second-order valence-electron chi connectivity index (χ2n) is 11.4. The Morgan fingerprint density at radius 1 is 1.15 bits per heavy atom. The summed E-state index contributed by atoms with van der Waals surface area (Å²) < 4.78 is 7.61. The molecule has 2 amide bonds. The molecule has 1 aromatic carbocycles. The van der Waals surface area contributed by atoms with Gasteiger partial charge >= 0.3 is 11.8 Å². The number of aromatic nitrogens is 3. The smallest absolute Gasteiger partial charge is 0.314 e. The lowest BCUT2D eigenvalue weighted by Crippen LogP contribution is -2.46. The summed E-state index contributed by atoms with van der Waals surface area (Å²) in [4.78, 5) is 35.3. The SMILES string of the molecule is CC1CCC(c2ccc3c(c2)CN(C)CC3)N(C(=O)C(=O)Nc2cnc(N)c3cn(C4CCCCO4)nc23)C1. The average molecular weight is 532 g/mol. The Morgan fingerprint density at radius 2 is 2.03 bits per heavy atom. The molecule has 3 aliphatic heterocycles. The van der Waals surface area contributed by atoms with E-state index in [2.05, 4.69) is 52.5 Å². The standard InChI is InChI=1S/C29H37N7O3/c1-18-6-9-24(20-8-7-19-10-11-34(2)16-21(19)13-20)35(15-18)29(38)28(37)32-23-14-31-27(30)22-17-36(33-26(22)23)25-5-3-4-12-39-25/h7-8,13-14,17-18,24-25H,3-6,9-12,15-16H2,1-2H3,(H2,30,31)(H,32,37). The maximum absolute atomic E-state index is 13.6. The highest BCUT2D eigenvalue weighted by atomic mass is 16.5. The first-order chi connectivity index (χ1) is 18.9. The Labute approximate surface area is 228 Å². The minimum Gasteiger partial charge on any atom is -0.383 e. The minimum absolute atomic E-state index is 0.135. The van der Waals surface area contributed by atoms with Gasteiger partial charge in [0, 0.05) is 32.4 Å². The quantitative estimate of drug-likeness (QED) is 0.496. The number of amides is 2. The van der Waals surface area contributed by atoms with Gasteiger partial charge in [0.05, 0.1) is 23.3 Å². The molecule has 10 nitrogen and oxygen atoms in total. The molecule has 3 N–H and O–H groups in total. The molecule has 39 heavy (non-hydrogen) atoms. The number of hydrogen-bond donors (Lipinski definition) is 2. The second kappa shape index (κ2) is 10.6. The number of hydrogen-bond acceptors (Lipinski definition) is 7. The van der Waals surface area contributed by atoms with E-state index in [0.717, 1.165) is 57.2 Å². The zero-order valence-electron chi connectivity index (χ0n) is 22.7. The van der Waals surface area contributed by atoms with Crippen molar-refractivity contribution in [1.29, 1.82) is 0 Å². The number of likely N-dealkylation sites (N-methyl/N-ethyl adjacent to an activating group) is 1. The molecule has 2 aromatic heterocycles. The van der Waals surface area contributed by atoms with Gasteiger partial charge < -0.3 is 25.6 Å². The van der Waals surface area contributed by atoms with E-state index in [1.807, 2.05) is 0 Å². The maximum Gasteiger partial charge on any atom is 0.314 e. The van der Waals surface area contributed by atoms with Gasteiger partial charge in [-0.2, -0.15) is 5.10 Å². The fourth-order valence-electron chi connectivity index (χ4n) is 6.17. The number of carbonyl (C=O) groups excluding carboxylic acids is 2. The third-order valence-electron chi connectivity index (χ3n) is 8.39. The molecule has 206 valence electrons. The Kier molecular flexibility index (Phi) is 6.99. The molecule has 3 aromatic rings. The fraction of sp³-hybridized carbons (Fsp3) is 0.517. The third kappa shape index (κ3) is 5.10. The third-order valence-corrected chi connectivity index (χ3v) is 8.39. The molecule has 6 rings (SSSR count). The normalized spacial score (nSPS) is 23.9. The summed E-state index contributed by atoms with van der Waals surface area (Å²) in [6, 6.07) is 6.43. The summed E-state index contributed by atoms with van der Waals surface area (Å²) in [6.45, 7) is 5.31. The highest BCUT2D eigenvalue weighted by Crippen LogP contribution is 2.36. The van der Waals surface area contributed by atoms with Crippen molar-refractivity contribution in [3.05, 3.63) is 47.3 Å². The number of pyridine rings is 1. The van der Waals surface area contributed by atoms with Crippen molar-refractivity contribution < 1.29 is 14.3 Å². The number of anilines is 2. The van der Waals surface area contributed by atoms with Crippen LogP contribution in [0.4, 0.5) is 11.5 Å². The number of likely N-dealkylation sites (tertiary alicyclic amines) is 1. The number of carbonyl (C=O) groups is 2. The summed E-state index contributed by atoms with van der Waals surface area (Å²) in [6.07, 6.45) is 8.92. The molecule has 2 saturated heterocycles. The van der Waals surface area contributed by atoms with Crippen molar-refractivity contribution in [2.45, 2.75) is 64.3 Å². The van der Waals surface area contributed by atoms with Crippen LogP contribution in [0.3, 0.4) is 0 Å². The van der Waals surface area contributed by atoms with Gasteiger partial charge in [-0.15, -0.1) is 0 Å². The van der Waals surface area contributed by atoms with Gasteiger partial charge in [0.2, 0.25) is 0 Å². The Balaban J connectivity index is 1.25. The van der Waals surface area contributed by atoms with Gasteiger partial charge in [0.15, 0.2) is 0 Å². The topological polar surface area (TPSA) is 119 Å². The van der Waals surface area contributed by atoms with Gasteiger partial charge in [-0.1, -0.05) is 25.1 Å². The molecule has 3 atom stereocenters. The first-order valence-electron chi connectivity index (χ1n) is 14.0. The summed E-state index contributed by atoms with van der Waals surface area (Å²) in [5, 5.41) is 8.09. The number of ether oxygens (including phenoxy) is 1. The first kappa shape index (κ1) is 25.8. The minimum atomic E-state index is -0.692. The van der Waals surface area contributed by atoms with E-state index >= 15 is 0 Å². The lowest BCUT2D eigenvalue weighted by atomic mass is 9.87. The summed E-state index contributed by atoms with van der Waals surface area (Å²) in [5.74, 6) is -0.596. The zero-order chi connectivity index (χ0) is 27.1. The summed E-state index contributed by atoms with van der Waals surface area (Å²) in [5.41, 5.74) is 10.8. The van der Waals surface area contributed by atoms with Crippen LogP contribution in [-0.4, -0.2) is 63.1 Å². The van der Waals surface area contributed by atoms with Crippen molar-refractivity contribution in [2.75, 3.05) is 37.8 Å². The van der Waals surface area contributed by atoms with Crippen molar-refractivity contribution in [1.82, 2.24) is 24.6 Å². The Bertz CT molecular complexity index is 1400. The number of piperidine rings is 1. The van der Waals surface area contributed by atoms with Gasteiger partial charge in [-0.05, 0) is 68.2 Å². The van der Waals surface area contributed by atoms with Crippen LogP contribution >= 0.6 is 0 Å². The second-order valence-corrected chi connectivity index (χ2v) is 11.4. The van der Waals surface area contributed by atoms with Gasteiger partial charge in [0.25, 0.3) is 0 Å². The summed E-state index contributed by atoms with van der Waals surface area (Å²) >= 11 is 0. The molecule has 3 aliphatic rings. The lowest BCUT2D eigenvalue weighted by molar-refractivity contribution is -0.146. The molecule has 3 unspecified atom stereocenters. The van der Waals surface area contributed by atoms with Crippen LogP contribution in [0.15, 0.2) is 30.6 Å². The van der Waals surface area contributed by atoms with Crippen LogP contribution in [0.2, 0.25) is 0 Å². The number of nitrogens with one attached hydrogen (secondary N) is 1. The van der Waals surface area contributed by atoms with E-state index in [-0.39, 0.29) is 12.3 Å². The molecular weight excluding hydrogens is 494 g/mol. The van der Waals surface area contributed by atoms with Crippen molar-refractivity contribution >= 4 is 34.2 Å². The summed E-state index contributed by atoms with van der Waals surface area (Å²) in [7, 11) is 2.13. The molecule has 2 fully saturated rings. The number of nitrogens with zero attached hydrogens (tertiary/aromatic N) is 5. The highest BCUT2D eigenvalue weighted by molar-refractivity contribution is 6.40. The van der Waals surface area contributed by atoms with Crippen LogP contribution in [0.25, 0.3) is 10.9 Å². The van der Waals surface area contributed by atoms with Gasteiger partial charge in [-0.25, -0.2) is 9.67 Å². The average Bonchev–Trinajstić information content (AvgIpc) is 3.41. The fourth-order valence-corrected chi connectivity index (χ4v) is 6.17. The number of nitrogen functional groups attached to an aromatic ring is 1. The van der Waals surface area contributed by atoms with E-state index < -0.39 is 11.8 Å². The molecular formula is C29H37N7O3. The maximum atomic E-state index is 13.6. The predicted molar refractivity (Wildman–Crippen MR) is 149 cm³/mol. The van der Waals surface area contributed by atoms with Crippen molar-refractivity contribution in [3.8, 4) is 0 Å². The monoisotopic (exact) mass is 531 g/mol. The molecule has 0 saturated carbocycles. The van der Waals surface area contributed by atoms with Crippen molar-refractivity contribution in [2.24, 2.45) is 5.92 Å². The molecule has 5 heterocycles. The van der Waals surface area contributed by atoms with Gasteiger partial charge in [0.1, 0.15) is 17.6 Å². The van der Waals surface area contributed by atoms with Crippen LogP contribution in [0.1, 0.15) is 68.0 Å². The molecule has 0 aliphatic carbocycles. The van der Waals surface area contributed by atoms with E-state index in [0.29, 0.717) is 41.5 Å². The van der Waals surface area contributed by atoms with E-state index in [9.17, 15) is 9.59 Å². The first-order valence-corrected chi connectivity index (χ1v) is 14.0. The van der Waals surface area contributed by atoms with Gasteiger partial charge in [-0.3, -0.25) is 9.59 Å². The van der Waals surface area contributed by atoms with E-state index in [1.54, 1.807) is 15.8 Å². The number of nitrogens with two attached hydrogens (primary N) is 1. The molecule has 0 spiro atoms. The van der Waals surface area contributed by atoms with Crippen LogP contribution in [0, 0.1) is 5.92 Å². The van der Waals surface area contributed by atoms with Crippen LogP contribution in [0.5, 0.6) is 0 Å². The number of rotatable bonds is 3. The van der Waals surface area contributed by atoms with Crippen molar-refractivity contribution in [3.63, 3.8) is 0 Å². The highest BCUT2D eigenvalue weighted by Gasteiger charge is 2.35. The van der Waals surface area contributed by atoms with Crippen LogP contribution in [-0.2, 0) is 27.3 Å². The lowest BCUT2D eigenvalue weighted by Gasteiger charge is -2.39. The molecule has 0 radical (unpaired) electrons.